The normalized spacial score (nSPS) is 11.5. The fraction of sp³-hybridized carbons (Fsp3) is 0.467. The quantitative estimate of drug-likeness (QED) is 0.282. The minimum atomic E-state index is -1.97. The molecule has 0 aliphatic heterocycles. The molecule has 0 saturated carbocycles. The predicted octanol–water partition coefficient (Wildman–Crippen LogP) is 3.26. The lowest BCUT2D eigenvalue weighted by molar-refractivity contribution is -0.137. The van der Waals surface area contributed by atoms with Crippen molar-refractivity contribution in [2.24, 2.45) is 0 Å². The van der Waals surface area contributed by atoms with Gasteiger partial charge in [-0.2, -0.15) is 4.79 Å². The molecule has 6 heteroatoms. The summed E-state index contributed by atoms with van der Waals surface area (Å²) in [6, 6.07) is 6.94. The topological polar surface area (TPSA) is 71.9 Å². The largest absolute Gasteiger partial charge is 0.543 e. The van der Waals surface area contributed by atoms with Crippen LogP contribution >= 0.6 is 0 Å². The van der Waals surface area contributed by atoms with Crippen LogP contribution in [0, 0.1) is 0 Å². The average Bonchev–Trinajstić information content (AvgIpc) is 2.38. The molecule has 0 aliphatic carbocycles. The summed E-state index contributed by atoms with van der Waals surface area (Å²) < 4.78 is 10.8. The Kier molecular flexibility index (Phi) is 5.09. The minimum Gasteiger partial charge on any atom is -0.543 e. The molecule has 0 amide bonds. The first-order valence-electron chi connectivity index (χ1n) is 6.72. The molecule has 0 fully saturated rings. The molecule has 0 aliphatic rings. The highest BCUT2D eigenvalue weighted by molar-refractivity contribution is 6.74. The van der Waals surface area contributed by atoms with Crippen molar-refractivity contribution in [2.45, 2.75) is 38.9 Å². The van der Waals surface area contributed by atoms with Crippen LogP contribution in [-0.4, -0.2) is 31.9 Å². The van der Waals surface area contributed by atoms with Crippen molar-refractivity contribution in [3.8, 4) is 5.75 Å². The van der Waals surface area contributed by atoms with E-state index in [0.29, 0.717) is 11.3 Å². The van der Waals surface area contributed by atoms with E-state index in [9.17, 15) is 4.79 Å². The van der Waals surface area contributed by atoms with Gasteiger partial charge in [-0.15, -0.1) is 0 Å². The van der Waals surface area contributed by atoms with E-state index in [4.69, 9.17) is 9.96 Å². The molecule has 0 unspecified atom stereocenters. The predicted molar refractivity (Wildman–Crippen MR) is 84.0 cm³/mol. The maximum Gasteiger partial charge on any atom is 0.422 e. The Labute approximate surface area is 126 Å². The van der Waals surface area contributed by atoms with Crippen molar-refractivity contribution in [3.63, 3.8) is 0 Å². The molecule has 21 heavy (non-hydrogen) atoms. The molecule has 0 saturated heterocycles. The summed E-state index contributed by atoms with van der Waals surface area (Å²) in [5.41, 5.74) is 9.31. The van der Waals surface area contributed by atoms with E-state index < -0.39 is 14.3 Å². The van der Waals surface area contributed by atoms with Crippen LogP contribution in [0.2, 0.25) is 18.1 Å². The fourth-order valence-corrected chi connectivity index (χ4v) is 2.49. The molecule has 0 spiro atoms. The fourth-order valence-electron chi connectivity index (χ4n) is 1.47. The van der Waals surface area contributed by atoms with E-state index in [1.54, 1.807) is 18.2 Å². The molecule has 1 aromatic rings. The van der Waals surface area contributed by atoms with Crippen LogP contribution < -0.4 is 4.43 Å². The second kappa shape index (κ2) is 6.24. The summed E-state index contributed by atoms with van der Waals surface area (Å²) >= 11 is 0. The third-order valence-electron chi connectivity index (χ3n) is 3.77. The van der Waals surface area contributed by atoms with E-state index in [0.717, 1.165) is 0 Å². The van der Waals surface area contributed by atoms with Crippen molar-refractivity contribution in [1.29, 1.82) is 0 Å². The second-order valence-corrected chi connectivity index (χ2v) is 11.1. The van der Waals surface area contributed by atoms with Gasteiger partial charge < -0.3 is 14.7 Å². The van der Waals surface area contributed by atoms with Crippen LogP contribution in [0.1, 0.15) is 26.3 Å². The van der Waals surface area contributed by atoms with Gasteiger partial charge >= 0.3 is 11.7 Å². The van der Waals surface area contributed by atoms with Gasteiger partial charge in [0.05, 0.1) is 12.7 Å². The smallest absolute Gasteiger partial charge is 0.422 e. The van der Waals surface area contributed by atoms with Crippen molar-refractivity contribution in [3.05, 3.63) is 35.4 Å². The minimum absolute atomic E-state index is 0.0687. The van der Waals surface area contributed by atoms with Gasteiger partial charge in [-0.3, -0.25) is 0 Å². The number of hydrogen-bond donors (Lipinski definition) is 0. The van der Waals surface area contributed by atoms with Gasteiger partial charge in [-0.1, -0.05) is 26.8 Å². The summed E-state index contributed by atoms with van der Waals surface area (Å²) in [4.78, 5) is 14.6. The molecule has 1 rings (SSSR count). The molecule has 0 heterocycles. The SMILES string of the molecule is COC(=O)C(=[N+]=[N-])c1cccc(O[Si](C)(C)C(C)(C)C)c1. The van der Waals surface area contributed by atoms with E-state index >= 15 is 0 Å². The van der Waals surface area contributed by atoms with E-state index in [1.807, 2.05) is 6.07 Å². The Balaban J connectivity index is 3.13. The first-order valence-corrected chi connectivity index (χ1v) is 9.63. The molecule has 0 bridgehead atoms. The standard InChI is InChI=1S/C15H22N2O3Si/c1-15(2,3)21(5,6)20-12-9-7-8-11(10-12)13(17-16)14(18)19-4/h7-10H,1-6H3. The molecule has 0 radical (unpaired) electrons. The molecule has 0 aromatic heterocycles. The Morgan fingerprint density at radius 2 is 1.90 bits per heavy atom. The first-order chi connectivity index (χ1) is 9.62. The second-order valence-electron chi connectivity index (χ2n) is 6.33. The van der Waals surface area contributed by atoms with Gasteiger partial charge in [-0.25, -0.2) is 4.79 Å². The third kappa shape index (κ3) is 4.03. The van der Waals surface area contributed by atoms with Gasteiger partial charge in [0.2, 0.25) is 8.32 Å². The zero-order valence-corrected chi connectivity index (χ0v) is 14.4. The zero-order valence-electron chi connectivity index (χ0n) is 13.4. The molecule has 5 nitrogen and oxygen atoms in total. The van der Waals surface area contributed by atoms with Crippen molar-refractivity contribution in [1.82, 2.24) is 0 Å². The van der Waals surface area contributed by atoms with Crippen LogP contribution in [0.15, 0.2) is 24.3 Å². The summed E-state index contributed by atoms with van der Waals surface area (Å²) in [5.74, 6) is -0.0360. The average molecular weight is 306 g/mol. The van der Waals surface area contributed by atoms with Crippen LogP contribution in [0.3, 0.4) is 0 Å². The van der Waals surface area contributed by atoms with Crippen molar-refractivity contribution < 1.29 is 18.7 Å². The van der Waals surface area contributed by atoms with Crippen LogP contribution in [0.4, 0.5) is 0 Å². The lowest BCUT2D eigenvalue weighted by Crippen LogP contribution is -2.43. The summed E-state index contributed by atoms with van der Waals surface area (Å²) in [6.45, 7) is 10.7. The maximum absolute atomic E-state index is 11.6. The molecule has 0 N–H and O–H groups in total. The summed E-state index contributed by atoms with van der Waals surface area (Å²) in [6.07, 6.45) is 0. The van der Waals surface area contributed by atoms with Crippen LogP contribution in [0.5, 0.6) is 5.75 Å². The zero-order chi connectivity index (χ0) is 16.3. The molecule has 1 aromatic carbocycles. The van der Waals surface area contributed by atoms with Gasteiger partial charge in [0.1, 0.15) is 5.75 Å². The Hall–Kier alpha value is -1.91. The Morgan fingerprint density at radius 3 is 2.38 bits per heavy atom. The molecule has 0 atom stereocenters. The van der Waals surface area contributed by atoms with Crippen molar-refractivity contribution >= 4 is 20.0 Å². The number of hydrogen-bond acceptors (Lipinski definition) is 3. The number of carbonyl (C=O) groups excluding carboxylic acids is 1. The number of rotatable bonds is 4. The van der Waals surface area contributed by atoms with Gasteiger partial charge in [0, 0.05) is 0 Å². The van der Waals surface area contributed by atoms with E-state index in [2.05, 4.69) is 43.4 Å². The molecular formula is C15H22N2O3Si. The number of nitrogens with zero attached hydrogens (tertiary/aromatic N) is 2. The van der Waals surface area contributed by atoms with Crippen molar-refractivity contribution in [2.75, 3.05) is 7.11 Å². The van der Waals surface area contributed by atoms with E-state index in [1.165, 1.54) is 7.11 Å². The molecule has 114 valence electrons. The van der Waals surface area contributed by atoms with Gasteiger partial charge in [0.15, 0.2) is 0 Å². The number of benzene rings is 1. The van der Waals surface area contributed by atoms with Gasteiger partial charge in [0.25, 0.3) is 0 Å². The monoisotopic (exact) mass is 306 g/mol. The highest BCUT2D eigenvalue weighted by Crippen LogP contribution is 2.37. The summed E-state index contributed by atoms with van der Waals surface area (Å²) in [5, 5.41) is 0.0687. The number of carbonyl (C=O) groups is 1. The lowest BCUT2D eigenvalue weighted by atomic mass is 10.1. The number of methoxy groups -OCH3 is 1. The van der Waals surface area contributed by atoms with E-state index in [-0.39, 0.29) is 10.7 Å². The number of ether oxygens (including phenoxy) is 1. The lowest BCUT2D eigenvalue weighted by Gasteiger charge is -2.36. The Morgan fingerprint density at radius 1 is 1.29 bits per heavy atom. The highest BCUT2D eigenvalue weighted by atomic mass is 28.4. The highest BCUT2D eigenvalue weighted by Gasteiger charge is 2.39. The first kappa shape index (κ1) is 17.1. The van der Waals surface area contributed by atoms with Gasteiger partial charge in [-0.05, 0) is 36.3 Å². The summed E-state index contributed by atoms with van der Waals surface area (Å²) in [7, 11) is -0.728. The third-order valence-corrected chi connectivity index (χ3v) is 8.12. The molecular weight excluding hydrogens is 284 g/mol. The number of esters is 1. The Bertz CT molecular complexity index is 585. The maximum atomic E-state index is 11.6. The van der Waals surface area contributed by atoms with Crippen LogP contribution in [-0.2, 0) is 9.53 Å². The van der Waals surface area contributed by atoms with Crippen LogP contribution in [0.25, 0.3) is 5.53 Å².